The Morgan fingerprint density at radius 3 is 2.78 bits per heavy atom. The third-order valence-electron chi connectivity index (χ3n) is 2.66. The van der Waals surface area contributed by atoms with Crippen LogP contribution in [-0.2, 0) is 0 Å². The molecule has 5 heteroatoms. The van der Waals surface area contributed by atoms with Crippen LogP contribution in [0.25, 0.3) is 0 Å². The third-order valence-corrected chi connectivity index (χ3v) is 3.46. The van der Waals surface area contributed by atoms with E-state index in [1.807, 2.05) is 37.4 Å². The summed E-state index contributed by atoms with van der Waals surface area (Å²) in [7, 11) is 0. The number of hydrogen-bond acceptors (Lipinski definition) is 3. The second-order valence-electron chi connectivity index (χ2n) is 3.92. The maximum absolute atomic E-state index is 11.8. The third kappa shape index (κ3) is 4.58. The van der Waals surface area contributed by atoms with Gasteiger partial charge in [-0.15, -0.1) is 11.8 Å². The number of aliphatic hydroxyl groups is 1. The maximum Gasteiger partial charge on any atom is 0.319 e. The molecule has 100 valence electrons. The van der Waals surface area contributed by atoms with Crippen LogP contribution in [0.4, 0.5) is 10.5 Å². The molecule has 1 atom stereocenters. The van der Waals surface area contributed by atoms with Crippen LogP contribution in [0.2, 0.25) is 0 Å². The minimum absolute atomic E-state index is 0.0106. The molecular formula is C13H20N2O2S. The first kappa shape index (κ1) is 14.9. The molecule has 1 unspecified atom stereocenters. The number of benzene rings is 1. The van der Waals surface area contributed by atoms with Crippen molar-refractivity contribution in [2.45, 2.75) is 30.7 Å². The Kier molecular flexibility index (Phi) is 6.60. The summed E-state index contributed by atoms with van der Waals surface area (Å²) in [6, 6.07) is 7.45. The van der Waals surface area contributed by atoms with Gasteiger partial charge in [-0.25, -0.2) is 4.79 Å². The van der Waals surface area contributed by atoms with Gasteiger partial charge < -0.3 is 15.7 Å². The van der Waals surface area contributed by atoms with Gasteiger partial charge in [0.1, 0.15) is 0 Å². The minimum Gasteiger partial charge on any atom is -0.396 e. The zero-order chi connectivity index (χ0) is 13.4. The van der Waals surface area contributed by atoms with E-state index in [1.54, 1.807) is 11.8 Å². The smallest absolute Gasteiger partial charge is 0.319 e. The summed E-state index contributed by atoms with van der Waals surface area (Å²) in [6.07, 6.45) is 3.35. The molecular weight excluding hydrogens is 248 g/mol. The lowest BCUT2D eigenvalue weighted by Crippen LogP contribution is -2.38. The lowest BCUT2D eigenvalue weighted by molar-refractivity contribution is 0.237. The van der Waals surface area contributed by atoms with E-state index >= 15 is 0 Å². The van der Waals surface area contributed by atoms with Crippen molar-refractivity contribution in [3.63, 3.8) is 0 Å². The van der Waals surface area contributed by atoms with E-state index in [-0.39, 0.29) is 18.7 Å². The average Bonchev–Trinajstić information content (AvgIpc) is 2.38. The number of carbonyl (C=O) groups is 1. The topological polar surface area (TPSA) is 61.4 Å². The molecule has 1 rings (SSSR count). The van der Waals surface area contributed by atoms with Crippen LogP contribution in [0.1, 0.15) is 19.8 Å². The first-order chi connectivity index (χ1) is 8.71. The summed E-state index contributed by atoms with van der Waals surface area (Å²) in [5, 5.41) is 14.6. The van der Waals surface area contributed by atoms with Crippen LogP contribution in [0.3, 0.4) is 0 Å². The second kappa shape index (κ2) is 8.00. The zero-order valence-corrected chi connectivity index (χ0v) is 11.6. The highest BCUT2D eigenvalue weighted by Gasteiger charge is 2.10. The van der Waals surface area contributed by atoms with Gasteiger partial charge in [-0.3, -0.25) is 0 Å². The lowest BCUT2D eigenvalue weighted by atomic mass is 10.2. The van der Waals surface area contributed by atoms with Crippen LogP contribution < -0.4 is 10.6 Å². The molecule has 0 spiro atoms. The molecule has 0 radical (unpaired) electrons. The Labute approximate surface area is 112 Å². The number of para-hydroxylation sites is 1. The van der Waals surface area contributed by atoms with Gasteiger partial charge in [-0.1, -0.05) is 19.1 Å². The maximum atomic E-state index is 11.8. The van der Waals surface area contributed by atoms with Gasteiger partial charge in [0.2, 0.25) is 0 Å². The largest absolute Gasteiger partial charge is 0.396 e. The van der Waals surface area contributed by atoms with Gasteiger partial charge in [-0.05, 0) is 31.2 Å². The van der Waals surface area contributed by atoms with Crippen LogP contribution in [0, 0.1) is 0 Å². The quantitative estimate of drug-likeness (QED) is 0.695. The number of aliphatic hydroxyl groups excluding tert-OH is 1. The monoisotopic (exact) mass is 268 g/mol. The minimum atomic E-state index is -0.225. The van der Waals surface area contributed by atoms with Crippen LogP contribution in [-0.4, -0.2) is 30.0 Å². The van der Waals surface area contributed by atoms with E-state index in [2.05, 4.69) is 10.6 Å². The molecule has 0 fully saturated rings. The van der Waals surface area contributed by atoms with Crippen molar-refractivity contribution in [3.05, 3.63) is 24.3 Å². The van der Waals surface area contributed by atoms with Gasteiger partial charge in [0.05, 0.1) is 5.69 Å². The number of urea groups is 1. The van der Waals surface area contributed by atoms with Gasteiger partial charge >= 0.3 is 6.03 Å². The molecule has 0 aliphatic carbocycles. The van der Waals surface area contributed by atoms with Crippen molar-refractivity contribution in [2.75, 3.05) is 18.2 Å². The SMILES string of the molecule is CCC(CCO)NC(=O)Nc1ccccc1SC. The summed E-state index contributed by atoms with van der Waals surface area (Å²) < 4.78 is 0. The van der Waals surface area contributed by atoms with E-state index in [0.717, 1.165) is 17.0 Å². The molecule has 0 aliphatic rings. The van der Waals surface area contributed by atoms with E-state index in [9.17, 15) is 4.79 Å². The Morgan fingerprint density at radius 1 is 1.44 bits per heavy atom. The molecule has 0 saturated heterocycles. The number of carbonyl (C=O) groups excluding carboxylic acids is 1. The lowest BCUT2D eigenvalue weighted by Gasteiger charge is -2.17. The predicted octanol–water partition coefficient (Wildman–Crippen LogP) is 2.69. The van der Waals surface area contributed by atoms with Gasteiger partial charge in [0.25, 0.3) is 0 Å². The highest BCUT2D eigenvalue weighted by molar-refractivity contribution is 7.98. The average molecular weight is 268 g/mol. The summed E-state index contributed by atoms with van der Waals surface area (Å²) in [4.78, 5) is 12.8. The van der Waals surface area contributed by atoms with Crippen LogP contribution in [0.15, 0.2) is 29.2 Å². The zero-order valence-electron chi connectivity index (χ0n) is 10.8. The normalized spacial score (nSPS) is 11.9. The molecule has 3 N–H and O–H groups in total. The molecule has 0 aromatic heterocycles. The molecule has 1 aromatic carbocycles. The molecule has 1 aromatic rings. The molecule has 0 aliphatic heterocycles. The molecule has 2 amide bonds. The fourth-order valence-corrected chi connectivity index (χ4v) is 2.18. The van der Waals surface area contributed by atoms with Crippen LogP contribution >= 0.6 is 11.8 Å². The van der Waals surface area contributed by atoms with Crippen molar-refractivity contribution in [3.8, 4) is 0 Å². The Balaban J connectivity index is 2.58. The fraction of sp³-hybridized carbons (Fsp3) is 0.462. The standard InChI is InChI=1S/C13H20N2O2S/c1-3-10(8-9-16)14-13(17)15-11-6-4-5-7-12(11)18-2/h4-7,10,16H,3,8-9H2,1-2H3,(H2,14,15,17). The van der Waals surface area contributed by atoms with Crippen molar-refractivity contribution in [1.29, 1.82) is 0 Å². The number of amides is 2. The predicted molar refractivity (Wildman–Crippen MR) is 76.2 cm³/mol. The Bertz CT molecular complexity index is 385. The molecule has 0 heterocycles. The summed E-state index contributed by atoms with van der Waals surface area (Å²) in [6.45, 7) is 2.07. The molecule has 0 bridgehead atoms. The molecule has 0 saturated carbocycles. The number of anilines is 1. The highest BCUT2D eigenvalue weighted by atomic mass is 32.2. The van der Waals surface area contributed by atoms with Crippen LogP contribution in [0.5, 0.6) is 0 Å². The first-order valence-corrected chi connectivity index (χ1v) is 7.25. The van der Waals surface area contributed by atoms with Gasteiger partial charge in [0.15, 0.2) is 0 Å². The fourth-order valence-electron chi connectivity index (χ4n) is 1.63. The number of hydrogen-bond donors (Lipinski definition) is 3. The Morgan fingerprint density at radius 2 is 2.17 bits per heavy atom. The van der Waals surface area contributed by atoms with Crippen molar-refractivity contribution < 1.29 is 9.90 Å². The molecule has 18 heavy (non-hydrogen) atoms. The van der Waals surface area contributed by atoms with E-state index in [4.69, 9.17) is 5.11 Å². The highest BCUT2D eigenvalue weighted by Crippen LogP contribution is 2.24. The second-order valence-corrected chi connectivity index (χ2v) is 4.76. The van der Waals surface area contributed by atoms with E-state index in [0.29, 0.717) is 6.42 Å². The number of rotatable bonds is 6. The summed E-state index contributed by atoms with van der Waals surface area (Å²) in [5.41, 5.74) is 0.807. The molecule has 4 nitrogen and oxygen atoms in total. The van der Waals surface area contributed by atoms with Gasteiger partial charge in [-0.2, -0.15) is 0 Å². The Hall–Kier alpha value is -1.20. The first-order valence-electron chi connectivity index (χ1n) is 6.02. The number of thioether (sulfide) groups is 1. The number of nitrogens with one attached hydrogen (secondary N) is 2. The van der Waals surface area contributed by atoms with Crippen molar-refractivity contribution >= 4 is 23.5 Å². The summed E-state index contributed by atoms with van der Waals surface area (Å²) >= 11 is 1.59. The van der Waals surface area contributed by atoms with Crippen molar-refractivity contribution in [1.82, 2.24) is 5.32 Å². The van der Waals surface area contributed by atoms with Gasteiger partial charge in [0, 0.05) is 17.5 Å². The van der Waals surface area contributed by atoms with Crippen molar-refractivity contribution in [2.24, 2.45) is 0 Å². The van der Waals surface area contributed by atoms with E-state index in [1.165, 1.54) is 0 Å². The van der Waals surface area contributed by atoms with E-state index < -0.39 is 0 Å². The summed E-state index contributed by atoms with van der Waals surface area (Å²) in [5.74, 6) is 0.